The first-order valence-corrected chi connectivity index (χ1v) is 12.6. The number of terminal acetylenes is 1. The van der Waals surface area contributed by atoms with Gasteiger partial charge in [0.1, 0.15) is 5.71 Å². The summed E-state index contributed by atoms with van der Waals surface area (Å²) < 4.78 is 41.9. The van der Waals surface area contributed by atoms with Crippen LogP contribution in [0.1, 0.15) is 78.3 Å². The molecule has 0 fully saturated rings. The fourth-order valence-electron chi connectivity index (χ4n) is 4.69. The number of unbranched alkanes of at least 4 members (excludes halogenated alkanes) is 4. The Bertz CT molecular complexity index is 1390. The Morgan fingerprint density at radius 2 is 1.97 bits per heavy atom. The fourth-order valence-corrected chi connectivity index (χ4v) is 4.69. The lowest BCUT2D eigenvalue weighted by Crippen LogP contribution is -2.23. The van der Waals surface area contributed by atoms with Crippen molar-refractivity contribution in [2.75, 3.05) is 6.54 Å². The van der Waals surface area contributed by atoms with E-state index in [0.717, 1.165) is 55.2 Å². The molecule has 0 saturated heterocycles. The molecule has 8 heteroatoms. The third-order valence-electron chi connectivity index (χ3n) is 6.54. The Morgan fingerprint density at radius 3 is 2.73 bits per heavy atom. The minimum absolute atomic E-state index is 0.00796. The predicted octanol–water partition coefficient (Wildman–Crippen LogP) is 6.44. The topological polar surface area (TPSA) is 59.6 Å². The standard InChI is InChI=1S/C29H29F3N4O/c1-3-5-6-7-8-9-10-26(37)22-12-11-20(17-21(22)4-2)18-24-28-35-19-25(36(28)16-15-33-24)23-13-14-34-27(23)29(30,31)32/h1,11-13,15-17,19H,4-10,14,18H2,2H3. The summed E-state index contributed by atoms with van der Waals surface area (Å²) in [6, 6.07) is 5.81. The van der Waals surface area contributed by atoms with Crippen LogP contribution in [0.25, 0.3) is 11.2 Å². The summed E-state index contributed by atoms with van der Waals surface area (Å²) in [5, 5.41) is 0. The molecule has 0 atom stereocenters. The fraction of sp³-hybridized carbons (Fsp3) is 0.379. The van der Waals surface area contributed by atoms with Gasteiger partial charge in [-0.05, 0) is 30.4 Å². The van der Waals surface area contributed by atoms with E-state index < -0.39 is 11.9 Å². The number of alkyl halides is 3. The highest BCUT2D eigenvalue weighted by molar-refractivity contribution is 6.27. The number of fused-ring (bicyclic) bond motifs is 1. The van der Waals surface area contributed by atoms with Crippen molar-refractivity contribution in [2.45, 2.75) is 64.5 Å². The average molecular weight is 507 g/mol. The van der Waals surface area contributed by atoms with Gasteiger partial charge in [0.05, 0.1) is 24.1 Å². The van der Waals surface area contributed by atoms with Crippen molar-refractivity contribution in [3.63, 3.8) is 0 Å². The summed E-state index contributed by atoms with van der Waals surface area (Å²) >= 11 is 0. The van der Waals surface area contributed by atoms with Crippen LogP contribution in [0.15, 0.2) is 47.9 Å². The number of carbonyl (C=O) groups excluding carboxylic acids is 1. The van der Waals surface area contributed by atoms with Crippen molar-refractivity contribution in [1.82, 2.24) is 14.4 Å². The predicted molar refractivity (Wildman–Crippen MR) is 139 cm³/mol. The molecule has 1 aliphatic rings. The summed E-state index contributed by atoms with van der Waals surface area (Å²) in [5.41, 5.74) is 3.31. The number of allylic oxidation sites excluding steroid dienone is 1. The average Bonchev–Trinajstić information content (AvgIpc) is 3.53. The number of aromatic nitrogens is 3. The van der Waals surface area contributed by atoms with Crippen LogP contribution in [0.4, 0.5) is 13.2 Å². The molecular weight excluding hydrogens is 477 g/mol. The molecule has 3 aromatic rings. The summed E-state index contributed by atoms with van der Waals surface area (Å²) in [7, 11) is 0. The smallest absolute Gasteiger partial charge is 0.297 e. The van der Waals surface area contributed by atoms with Gasteiger partial charge in [-0.25, -0.2) is 4.98 Å². The van der Waals surface area contributed by atoms with Gasteiger partial charge < -0.3 is 0 Å². The molecule has 2 aromatic heterocycles. The molecule has 37 heavy (non-hydrogen) atoms. The van der Waals surface area contributed by atoms with Crippen LogP contribution in [-0.2, 0) is 12.8 Å². The molecule has 0 amide bonds. The highest BCUT2D eigenvalue weighted by Gasteiger charge is 2.40. The van der Waals surface area contributed by atoms with Crippen molar-refractivity contribution in [2.24, 2.45) is 4.99 Å². The van der Waals surface area contributed by atoms with E-state index in [9.17, 15) is 18.0 Å². The third kappa shape index (κ3) is 5.99. The van der Waals surface area contributed by atoms with Crippen molar-refractivity contribution < 1.29 is 18.0 Å². The van der Waals surface area contributed by atoms with Crippen LogP contribution < -0.4 is 0 Å². The SMILES string of the molecule is C#CCCCCCCC(=O)c1ccc(Cc2nccn3c(C4=CCN=C4C(F)(F)F)cnc23)cc1CC. The van der Waals surface area contributed by atoms with Crippen molar-refractivity contribution in [3.05, 3.63) is 70.9 Å². The number of hydrogen-bond donors (Lipinski definition) is 0. The van der Waals surface area contributed by atoms with E-state index in [2.05, 4.69) is 20.9 Å². The second kappa shape index (κ2) is 11.5. The van der Waals surface area contributed by atoms with Crippen molar-refractivity contribution in [1.29, 1.82) is 0 Å². The van der Waals surface area contributed by atoms with E-state index in [4.69, 9.17) is 6.42 Å². The monoisotopic (exact) mass is 506 g/mol. The number of rotatable bonds is 11. The van der Waals surface area contributed by atoms with Gasteiger partial charge in [-0.15, -0.1) is 12.3 Å². The van der Waals surface area contributed by atoms with Crippen LogP contribution in [0.2, 0.25) is 0 Å². The quantitative estimate of drug-likeness (QED) is 0.171. The zero-order valence-corrected chi connectivity index (χ0v) is 20.8. The first-order chi connectivity index (χ1) is 17.8. The van der Waals surface area contributed by atoms with Gasteiger partial charge in [0.2, 0.25) is 0 Å². The number of benzene rings is 1. The van der Waals surface area contributed by atoms with Gasteiger partial charge in [0.15, 0.2) is 11.4 Å². The highest BCUT2D eigenvalue weighted by Crippen LogP contribution is 2.32. The molecule has 0 radical (unpaired) electrons. The normalized spacial score (nSPS) is 13.5. The Labute approximate surface area is 214 Å². The van der Waals surface area contributed by atoms with Gasteiger partial charge in [-0.3, -0.25) is 19.2 Å². The van der Waals surface area contributed by atoms with E-state index >= 15 is 0 Å². The molecule has 1 aliphatic heterocycles. The lowest BCUT2D eigenvalue weighted by Gasteiger charge is -2.12. The molecule has 0 unspecified atom stereocenters. The van der Waals surface area contributed by atoms with E-state index in [0.29, 0.717) is 29.9 Å². The number of hydrogen-bond acceptors (Lipinski definition) is 4. The van der Waals surface area contributed by atoms with Gasteiger partial charge in [0.25, 0.3) is 0 Å². The largest absolute Gasteiger partial charge is 0.433 e. The lowest BCUT2D eigenvalue weighted by atomic mass is 9.94. The molecule has 0 spiro atoms. The molecule has 0 aliphatic carbocycles. The van der Waals surface area contributed by atoms with Crippen molar-refractivity contribution >= 4 is 22.7 Å². The minimum Gasteiger partial charge on any atom is -0.297 e. The van der Waals surface area contributed by atoms with Crippen molar-refractivity contribution in [3.8, 4) is 12.3 Å². The van der Waals surface area contributed by atoms with Gasteiger partial charge in [-0.2, -0.15) is 13.2 Å². The summed E-state index contributed by atoms with van der Waals surface area (Å²) in [6.45, 7) is 2.01. The zero-order valence-electron chi connectivity index (χ0n) is 20.8. The maximum Gasteiger partial charge on any atom is 0.433 e. The van der Waals surface area contributed by atoms with Crippen LogP contribution >= 0.6 is 0 Å². The molecule has 192 valence electrons. The van der Waals surface area contributed by atoms with E-state index in [1.807, 2.05) is 25.1 Å². The first kappa shape index (κ1) is 26.3. The van der Waals surface area contributed by atoms with E-state index in [1.54, 1.807) is 16.8 Å². The van der Waals surface area contributed by atoms with Gasteiger partial charge >= 0.3 is 6.18 Å². The number of aliphatic imine (C=N–C) groups is 1. The van der Waals surface area contributed by atoms with Gasteiger partial charge in [-0.1, -0.05) is 44.0 Å². The first-order valence-electron chi connectivity index (χ1n) is 12.6. The number of halogens is 3. The van der Waals surface area contributed by atoms with E-state index in [1.165, 1.54) is 12.3 Å². The number of nitrogens with zero attached hydrogens (tertiary/aromatic N) is 4. The maximum atomic E-state index is 13.4. The van der Waals surface area contributed by atoms with Crippen LogP contribution in [0, 0.1) is 12.3 Å². The minimum atomic E-state index is -4.53. The van der Waals surface area contributed by atoms with Crippen LogP contribution in [-0.4, -0.2) is 38.6 Å². The highest BCUT2D eigenvalue weighted by atomic mass is 19.4. The summed E-state index contributed by atoms with van der Waals surface area (Å²) in [5.74, 6) is 2.78. The second-order valence-corrected chi connectivity index (χ2v) is 9.08. The lowest BCUT2D eigenvalue weighted by molar-refractivity contribution is -0.0571. The molecule has 0 saturated carbocycles. The maximum absolute atomic E-state index is 13.4. The van der Waals surface area contributed by atoms with Crippen LogP contribution in [0.3, 0.4) is 0 Å². The zero-order chi connectivity index (χ0) is 26.4. The molecule has 4 rings (SSSR count). The van der Waals surface area contributed by atoms with Crippen LogP contribution in [0.5, 0.6) is 0 Å². The van der Waals surface area contributed by atoms with Gasteiger partial charge in [0, 0.05) is 42.8 Å². The number of aryl methyl sites for hydroxylation is 1. The summed E-state index contributed by atoms with van der Waals surface area (Å²) in [6.07, 6.45) is 13.1. The Morgan fingerprint density at radius 1 is 1.16 bits per heavy atom. The number of ketones is 1. The molecule has 5 nitrogen and oxygen atoms in total. The van der Waals surface area contributed by atoms with E-state index in [-0.39, 0.29) is 17.9 Å². The third-order valence-corrected chi connectivity index (χ3v) is 6.54. The molecule has 0 bridgehead atoms. The molecule has 3 heterocycles. The molecule has 1 aromatic carbocycles. The second-order valence-electron chi connectivity index (χ2n) is 9.08. The Balaban J connectivity index is 1.51. The Hall–Kier alpha value is -3.73. The number of imidazole rings is 1. The molecule has 0 N–H and O–H groups in total. The Kier molecular flexibility index (Phi) is 8.22. The molecular formula is C29H29F3N4O. The number of Topliss-reactive ketones (excluding diaryl/α,β-unsaturated/α-hetero) is 1. The number of carbonyl (C=O) groups is 1. The summed E-state index contributed by atoms with van der Waals surface area (Å²) in [4.78, 5) is 25.3.